The molecule has 0 spiro atoms. The third-order valence-electron chi connectivity index (χ3n) is 16.0. The van der Waals surface area contributed by atoms with Crippen molar-refractivity contribution >= 4 is 32.8 Å². The fraction of sp³-hybridized carbons (Fsp3) is 0.154. The SMILES string of the molecule is [2H]c1c([2H])c([2H])c(-c2cccc3c2-c2cccc(-c4c([2H])c([2H])c([2H])c([2H])c4[2H])c2-[n+]2[c-]n(-c4[c-]c(Oc5[c-]c6c(cc5)c5ccccc5n6-c5cc(C(C)(C)C)ccn5)ccc4)c4cc(-c5cc(C(C)(C)C)cc(C(C)(C)C)c5)cc(c42)-c2ccccc2-3)c([2H])c1[2H].[Pt]. The van der Waals surface area contributed by atoms with Crippen molar-refractivity contribution in [1.29, 1.82) is 0 Å². The Bertz CT molecular complexity index is 5250. The van der Waals surface area contributed by atoms with Crippen LogP contribution < -0.4 is 9.30 Å². The molecule has 0 unspecified atom stereocenters. The molecular formula is C78H64N4OPt-2. The first-order chi connectivity index (χ1) is 44.2. The number of aromatic nitrogens is 4. The van der Waals surface area contributed by atoms with Crippen LogP contribution in [0.25, 0.3) is 117 Å². The summed E-state index contributed by atoms with van der Waals surface area (Å²) in [5.41, 5.74) is 12.9. The molecule has 0 saturated heterocycles. The molecule has 3 aromatic heterocycles. The first-order valence-electron chi connectivity index (χ1n) is 33.0. The molecule has 0 fully saturated rings. The molecule has 0 saturated carbocycles. The maximum absolute atomic E-state index is 9.60. The summed E-state index contributed by atoms with van der Waals surface area (Å²) in [5, 5.41) is 2.02. The summed E-state index contributed by atoms with van der Waals surface area (Å²) < 4.78 is 104. The van der Waals surface area contributed by atoms with E-state index in [2.05, 4.69) is 146 Å². The van der Waals surface area contributed by atoms with Crippen LogP contribution in [-0.4, -0.2) is 14.1 Å². The van der Waals surface area contributed by atoms with Crippen LogP contribution in [0.3, 0.4) is 0 Å². The second-order valence-corrected chi connectivity index (χ2v) is 24.5. The molecular weight excluding hydrogens is 1200 g/mol. The van der Waals surface area contributed by atoms with Crippen molar-refractivity contribution in [2.24, 2.45) is 0 Å². The molecule has 13 aromatic rings. The summed E-state index contributed by atoms with van der Waals surface area (Å²) in [6.07, 6.45) is 5.64. The number of fused-ring (bicyclic) bond motifs is 10. The van der Waals surface area contributed by atoms with Crippen LogP contribution in [0.1, 0.15) is 92.7 Å². The van der Waals surface area contributed by atoms with Crippen LogP contribution >= 0.6 is 0 Å². The van der Waals surface area contributed by atoms with Gasteiger partial charge in [0.25, 0.3) is 6.33 Å². The molecule has 1 aliphatic heterocycles. The molecule has 0 bridgehead atoms. The van der Waals surface area contributed by atoms with Crippen molar-refractivity contribution in [3.63, 3.8) is 0 Å². The third kappa shape index (κ3) is 9.49. The van der Waals surface area contributed by atoms with E-state index in [9.17, 15) is 5.48 Å². The zero-order valence-electron chi connectivity index (χ0n) is 58.1. The van der Waals surface area contributed by atoms with E-state index in [-0.39, 0.29) is 54.0 Å². The van der Waals surface area contributed by atoms with E-state index in [0.717, 1.165) is 72.1 Å². The van der Waals surface area contributed by atoms with Gasteiger partial charge < -0.3 is 13.9 Å². The number of para-hydroxylation sites is 2. The Kier molecular flexibility index (Phi) is 10.8. The predicted octanol–water partition coefficient (Wildman–Crippen LogP) is 19.8. The summed E-state index contributed by atoms with van der Waals surface area (Å²) in [5.74, 6) is 1.56. The predicted molar refractivity (Wildman–Crippen MR) is 342 cm³/mol. The fourth-order valence-corrected chi connectivity index (χ4v) is 11.7. The Labute approximate surface area is 521 Å². The molecule has 5 nitrogen and oxygen atoms in total. The van der Waals surface area contributed by atoms with E-state index in [4.69, 9.17) is 17.9 Å². The van der Waals surface area contributed by atoms with Crippen LogP contribution in [0.5, 0.6) is 11.5 Å². The topological polar surface area (TPSA) is 35.9 Å². The summed E-state index contributed by atoms with van der Waals surface area (Å²) >= 11 is 0. The van der Waals surface area contributed by atoms with Crippen LogP contribution in [-0.2, 0) is 37.3 Å². The minimum atomic E-state index is -0.551. The summed E-state index contributed by atoms with van der Waals surface area (Å²) in [7, 11) is 0. The molecule has 0 aliphatic carbocycles. The molecule has 10 aromatic carbocycles. The maximum atomic E-state index is 9.60. The van der Waals surface area contributed by atoms with Crippen molar-refractivity contribution in [1.82, 2.24) is 14.1 Å². The second kappa shape index (κ2) is 20.8. The van der Waals surface area contributed by atoms with E-state index < -0.39 is 60.4 Å². The second-order valence-electron chi connectivity index (χ2n) is 24.5. The van der Waals surface area contributed by atoms with Crippen molar-refractivity contribution in [3.8, 4) is 95.5 Å². The zero-order chi connectivity index (χ0) is 65.6. The minimum Gasteiger partial charge on any atom is -0.510 e. The zero-order valence-corrected chi connectivity index (χ0v) is 50.4. The van der Waals surface area contributed by atoms with Crippen LogP contribution in [0.2, 0.25) is 0 Å². The van der Waals surface area contributed by atoms with E-state index in [1.807, 2.05) is 94.2 Å². The number of nitrogens with zero attached hydrogens (tertiary/aromatic N) is 4. The third-order valence-corrected chi connectivity index (χ3v) is 16.0. The van der Waals surface area contributed by atoms with Crippen molar-refractivity contribution in [3.05, 3.63) is 259 Å². The molecule has 0 atom stereocenters. The molecule has 0 amide bonds. The first kappa shape index (κ1) is 43.7. The van der Waals surface area contributed by atoms with Crippen molar-refractivity contribution in [2.75, 3.05) is 0 Å². The van der Waals surface area contributed by atoms with Gasteiger partial charge in [0, 0.05) is 44.3 Å². The van der Waals surface area contributed by atoms with E-state index in [1.54, 1.807) is 18.2 Å². The monoisotopic (exact) mass is 1280 g/mol. The largest absolute Gasteiger partial charge is 0.510 e. The van der Waals surface area contributed by atoms with E-state index in [1.165, 1.54) is 0 Å². The van der Waals surface area contributed by atoms with Gasteiger partial charge in [0.05, 0.1) is 30.4 Å². The number of hydrogen-bond acceptors (Lipinski definition) is 2. The van der Waals surface area contributed by atoms with E-state index >= 15 is 0 Å². The maximum Gasteiger partial charge on any atom is 0.268 e. The molecule has 1 aliphatic rings. The van der Waals surface area contributed by atoms with Crippen LogP contribution in [0.4, 0.5) is 0 Å². The summed E-state index contributed by atoms with van der Waals surface area (Å²) in [6.45, 7) is 19.8. The average Bonchev–Trinajstić information content (AvgIpc) is 1.49. The van der Waals surface area contributed by atoms with Crippen LogP contribution in [0, 0.1) is 18.5 Å². The molecule has 0 radical (unpaired) electrons. The number of hydrogen-bond donors (Lipinski definition) is 0. The standard InChI is InChI=1S/C78H64N4O.Pt/c1-76(2,3)54-39-40-79-72(46-54)82-69-36-19-18-31-64(69)65-38-37-59(48-70(65)82)83-58-28-20-27-57(47-58)80-49-81-74-61(51-25-14-11-15-26-51)33-22-35-67(74)73-60(50-23-12-10-13-24-50)32-21-34-66(73)62-29-16-17-30-63(62)68-43-53(44-71(80)75(68)81)52-41-55(77(4,5)6)45-56(42-52)78(7,8)9;/h10-46H,1-9H3;/q-2;/i10D,11D,12D,13D,14D,15D,23D,24D,25D,26D;. The first-order valence-corrected chi connectivity index (χ1v) is 28.0. The van der Waals surface area contributed by atoms with Gasteiger partial charge in [-0.3, -0.25) is 4.57 Å². The molecule has 6 heteroatoms. The van der Waals surface area contributed by atoms with Gasteiger partial charge in [-0.25, -0.2) is 4.98 Å². The number of rotatable bonds is 7. The summed E-state index contributed by atoms with van der Waals surface area (Å²) in [6, 6.07) is 54.5. The number of imidazole rings is 1. The number of ether oxygens (including phenoxy) is 1. The molecule has 14 rings (SSSR count). The molecule has 0 N–H and O–H groups in total. The molecule has 84 heavy (non-hydrogen) atoms. The smallest absolute Gasteiger partial charge is 0.268 e. The minimum absolute atomic E-state index is 0. The van der Waals surface area contributed by atoms with Gasteiger partial charge in [0.1, 0.15) is 5.82 Å². The molecule has 414 valence electrons. The van der Waals surface area contributed by atoms with Gasteiger partial charge in [-0.1, -0.05) is 231 Å². The summed E-state index contributed by atoms with van der Waals surface area (Å²) in [4.78, 5) is 4.90. The van der Waals surface area contributed by atoms with Gasteiger partial charge >= 0.3 is 0 Å². The Balaban J connectivity index is 0.00000803. The van der Waals surface area contributed by atoms with Gasteiger partial charge in [0.2, 0.25) is 0 Å². The van der Waals surface area contributed by atoms with E-state index in [0.29, 0.717) is 56.2 Å². The Morgan fingerprint density at radius 2 is 1.05 bits per heavy atom. The van der Waals surface area contributed by atoms with Crippen molar-refractivity contribution < 1.29 is 44.1 Å². The Morgan fingerprint density at radius 3 is 1.75 bits per heavy atom. The van der Waals surface area contributed by atoms with Gasteiger partial charge in [-0.05, 0) is 135 Å². The molecule has 4 heterocycles. The van der Waals surface area contributed by atoms with Gasteiger partial charge in [0.15, 0.2) is 0 Å². The average molecular weight is 1280 g/mol. The van der Waals surface area contributed by atoms with Crippen LogP contribution in [0.15, 0.2) is 224 Å². The Hall–Kier alpha value is -8.89. The number of benzene rings is 10. The fourth-order valence-electron chi connectivity index (χ4n) is 11.7. The Morgan fingerprint density at radius 1 is 0.464 bits per heavy atom. The van der Waals surface area contributed by atoms with Gasteiger partial charge in [-0.15, -0.1) is 29.7 Å². The number of pyridine rings is 1. The van der Waals surface area contributed by atoms with Gasteiger partial charge in [-0.2, -0.15) is 18.2 Å². The normalized spacial score (nSPS) is 13.9. The van der Waals surface area contributed by atoms with Crippen molar-refractivity contribution in [2.45, 2.75) is 78.6 Å². The quantitative estimate of drug-likeness (QED) is 0.118.